The monoisotopic (exact) mass is 348 g/mol. The fourth-order valence-electron chi connectivity index (χ4n) is 2.43. The number of hydrogen-bond donors (Lipinski definition) is 2. The highest BCUT2D eigenvalue weighted by Crippen LogP contribution is 2.36. The number of aryl methyl sites for hydroxylation is 1. The lowest BCUT2D eigenvalue weighted by molar-refractivity contribution is -0.115. The summed E-state index contributed by atoms with van der Waals surface area (Å²) in [6, 6.07) is 25.2. The summed E-state index contributed by atoms with van der Waals surface area (Å²) < 4.78 is 0. The van der Waals surface area contributed by atoms with Crippen LogP contribution in [0.15, 0.2) is 83.8 Å². The Labute approximate surface area is 152 Å². The number of benzene rings is 3. The van der Waals surface area contributed by atoms with E-state index in [1.165, 1.54) is 11.8 Å². The van der Waals surface area contributed by atoms with E-state index in [0.717, 1.165) is 21.7 Å². The first-order chi connectivity index (χ1) is 12.1. The Morgan fingerprint density at radius 1 is 0.920 bits per heavy atom. The molecule has 3 rings (SSSR count). The van der Waals surface area contributed by atoms with Crippen molar-refractivity contribution in [3.63, 3.8) is 0 Å². The Hall–Kier alpha value is -2.72. The van der Waals surface area contributed by atoms with E-state index in [4.69, 9.17) is 5.73 Å². The van der Waals surface area contributed by atoms with Gasteiger partial charge in [0.1, 0.15) is 5.25 Å². The molecular weight excluding hydrogens is 328 g/mol. The molecule has 0 aromatic heterocycles. The van der Waals surface area contributed by atoms with Crippen LogP contribution >= 0.6 is 11.8 Å². The third-order valence-electron chi connectivity index (χ3n) is 3.79. The van der Waals surface area contributed by atoms with Crippen molar-refractivity contribution in [1.29, 1.82) is 0 Å². The van der Waals surface area contributed by atoms with Gasteiger partial charge < -0.3 is 11.1 Å². The van der Waals surface area contributed by atoms with E-state index >= 15 is 0 Å². The molecule has 0 saturated carbocycles. The van der Waals surface area contributed by atoms with Crippen LogP contribution in [0.25, 0.3) is 0 Å². The summed E-state index contributed by atoms with van der Waals surface area (Å²) in [5.74, 6) is -0.0446. The maximum atomic E-state index is 12.9. The molecule has 0 spiro atoms. The van der Waals surface area contributed by atoms with Gasteiger partial charge in [-0.25, -0.2) is 0 Å². The lowest BCUT2D eigenvalue weighted by atomic mass is 10.1. The smallest absolute Gasteiger partial charge is 0.242 e. The van der Waals surface area contributed by atoms with Gasteiger partial charge in [0.2, 0.25) is 5.91 Å². The van der Waals surface area contributed by atoms with Crippen molar-refractivity contribution >= 4 is 29.0 Å². The summed E-state index contributed by atoms with van der Waals surface area (Å²) in [5, 5.41) is 2.67. The molecule has 3 nitrogen and oxygen atoms in total. The number of carbonyl (C=O) groups is 1. The van der Waals surface area contributed by atoms with Crippen LogP contribution in [0.2, 0.25) is 0 Å². The maximum Gasteiger partial charge on any atom is 0.242 e. The Morgan fingerprint density at radius 3 is 2.20 bits per heavy atom. The number of carbonyl (C=O) groups excluding carboxylic acids is 1. The highest BCUT2D eigenvalue weighted by Gasteiger charge is 2.22. The van der Waals surface area contributed by atoms with Gasteiger partial charge in [0.15, 0.2) is 0 Å². The van der Waals surface area contributed by atoms with Crippen molar-refractivity contribution in [3.05, 3.63) is 90.0 Å². The highest BCUT2D eigenvalue weighted by molar-refractivity contribution is 8.00. The fraction of sp³-hybridized carbons (Fsp3) is 0.0952. The minimum absolute atomic E-state index is 0.0446. The molecule has 3 aromatic rings. The Bertz CT molecular complexity index is 830. The summed E-state index contributed by atoms with van der Waals surface area (Å²) in [7, 11) is 0. The number of rotatable bonds is 5. The molecule has 0 fully saturated rings. The van der Waals surface area contributed by atoms with Crippen molar-refractivity contribution < 1.29 is 4.79 Å². The largest absolute Gasteiger partial charge is 0.399 e. The molecular formula is C21H20N2OS. The summed E-state index contributed by atoms with van der Waals surface area (Å²) in [4.78, 5) is 13.9. The zero-order chi connectivity index (χ0) is 17.6. The van der Waals surface area contributed by atoms with Gasteiger partial charge in [-0.15, -0.1) is 11.8 Å². The Morgan fingerprint density at radius 2 is 1.56 bits per heavy atom. The van der Waals surface area contributed by atoms with E-state index in [2.05, 4.69) is 5.32 Å². The average molecular weight is 348 g/mol. The molecule has 1 amide bonds. The zero-order valence-corrected chi connectivity index (χ0v) is 14.8. The SMILES string of the molecule is Cc1ccc(NC(=O)C(Sc2ccc(N)cc2)c2ccccc2)cc1. The lowest BCUT2D eigenvalue weighted by Gasteiger charge is -2.17. The van der Waals surface area contributed by atoms with Crippen molar-refractivity contribution in [2.45, 2.75) is 17.1 Å². The van der Waals surface area contributed by atoms with Crippen LogP contribution < -0.4 is 11.1 Å². The van der Waals surface area contributed by atoms with Crippen molar-refractivity contribution in [2.75, 3.05) is 11.1 Å². The molecule has 0 saturated heterocycles. The van der Waals surface area contributed by atoms with E-state index in [1.807, 2.05) is 85.8 Å². The number of thioether (sulfide) groups is 1. The van der Waals surface area contributed by atoms with Crippen LogP contribution in [-0.4, -0.2) is 5.91 Å². The summed E-state index contributed by atoms with van der Waals surface area (Å²) in [6.07, 6.45) is 0. The number of hydrogen-bond acceptors (Lipinski definition) is 3. The van der Waals surface area contributed by atoms with Crippen molar-refractivity contribution in [2.24, 2.45) is 0 Å². The second kappa shape index (κ2) is 7.90. The van der Waals surface area contributed by atoms with E-state index < -0.39 is 0 Å². The zero-order valence-electron chi connectivity index (χ0n) is 14.0. The molecule has 25 heavy (non-hydrogen) atoms. The molecule has 126 valence electrons. The molecule has 0 bridgehead atoms. The normalized spacial score (nSPS) is 11.7. The van der Waals surface area contributed by atoms with Crippen LogP contribution in [0.3, 0.4) is 0 Å². The van der Waals surface area contributed by atoms with Gasteiger partial charge in [-0.2, -0.15) is 0 Å². The molecule has 3 N–H and O–H groups in total. The quantitative estimate of drug-likeness (QED) is 0.501. The van der Waals surface area contributed by atoms with Gasteiger partial charge in [0, 0.05) is 16.3 Å². The predicted molar refractivity (Wildman–Crippen MR) is 106 cm³/mol. The second-order valence-electron chi connectivity index (χ2n) is 5.83. The van der Waals surface area contributed by atoms with Gasteiger partial charge in [-0.3, -0.25) is 4.79 Å². The molecule has 0 aliphatic carbocycles. The van der Waals surface area contributed by atoms with Crippen LogP contribution in [-0.2, 0) is 4.79 Å². The fourth-order valence-corrected chi connectivity index (χ4v) is 3.45. The lowest BCUT2D eigenvalue weighted by Crippen LogP contribution is -2.19. The number of anilines is 2. The van der Waals surface area contributed by atoms with Crippen LogP contribution in [0.1, 0.15) is 16.4 Å². The molecule has 0 aliphatic heterocycles. The first-order valence-corrected chi connectivity index (χ1v) is 8.94. The summed E-state index contributed by atoms with van der Waals surface area (Å²) in [6.45, 7) is 2.02. The maximum absolute atomic E-state index is 12.9. The standard InChI is InChI=1S/C21H20N2OS/c1-15-7-11-18(12-8-15)23-21(24)20(16-5-3-2-4-6-16)25-19-13-9-17(22)10-14-19/h2-14,20H,22H2,1H3,(H,23,24). The van der Waals surface area contributed by atoms with Gasteiger partial charge in [-0.05, 0) is 48.9 Å². The Kier molecular flexibility index (Phi) is 5.41. The number of nitrogens with one attached hydrogen (secondary N) is 1. The molecule has 4 heteroatoms. The van der Waals surface area contributed by atoms with E-state index in [-0.39, 0.29) is 11.2 Å². The molecule has 3 aromatic carbocycles. The second-order valence-corrected chi connectivity index (χ2v) is 7.01. The van der Waals surface area contributed by atoms with Gasteiger partial charge >= 0.3 is 0 Å². The van der Waals surface area contributed by atoms with Gasteiger partial charge in [-0.1, -0.05) is 48.0 Å². The minimum atomic E-state index is -0.342. The molecule has 0 aliphatic rings. The number of amides is 1. The first kappa shape index (κ1) is 17.1. The molecule has 1 atom stereocenters. The highest BCUT2D eigenvalue weighted by atomic mass is 32.2. The van der Waals surface area contributed by atoms with Crippen molar-refractivity contribution in [1.82, 2.24) is 0 Å². The van der Waals surface area contributed by atoms with E-state index in [0.29, 0.717) is 5.69 Å². The number of nitrogen functional groups attached to an aromatic ring is 1. The predicted octanol–water partition coefficient (Wildman–Crippen LogP) is 5.05. The Balaban J connectivity index is 1.83. The molecule has 1 unspecified atom stereocenters. The topological polar surface area (TPSA) is 55.1 Å². The summed E-state index contributed by atoms with van der Waals surface area (Å²) >= 11 is 1.51. The molecule has 0 radical (unpaired) electrons. The first-order valence-electron chi connectivity index (χ1n) is 8.06. The van der Waals surface area contributed by atoms with Crippen LogP contribution in [0.5, 0.6) is 0 Å². The van der Waals surface area contributed by atoms with Crippen LogP contribution in [0, 0.1) is 6.92 Å². The summed E-state index contributed by atoms with van der Waals surface area (Å²) in [5.41, 5.74) is 9.39. The third-order valence-corrected chi connectivity index (χ3v) is 5.06. The minimum Gasteiger partial charge on any atom is -0.399 e. The van der Waals surface area contributed by atoms with E-state index in [9.17, 15) is 4.79 Å². The van der Waals surface area contributed by atoms with E-state index in [1.54, 1.807) is 0 Å². The van der Waals surface area contributed by atoms with Crippen LogP contribution in [0.4, 0.5) is 11.4 Å². The van der Waals surface area contributed by atoms with Gasteiger partial charge in [0.05, 0.1) is 0 Å². The average Bonchev–Trinajstić information content (AvgIpc) is 2.64. The third kappa shape index (κ3) is 4.64. The number of nitrogens with two attached hydrogens (primary N) is 1. The van der Waals surface area contributed by atoms with Crippen molar-refractivity contribution in [3.8, 4) is 0 Å². The molecule has 0 heterocycles. The van der Waals surface area contributed by atoms with Gasteiger partial charge in [0.25, 0.3) is 0 Å².